The van der Waals surface area contributed by atoms with E-state index in [1.807, 2.05) is 42.5 Å². The number of rotatable bonds is 8. The Kier molecular flexibility index (Phi) is 7.10. The first-order valence-electron chi connectivity index (χ1n) is 11.0. The van der Waals surface area contributed by atoms with Crippen LogP contribution in [0.5, 0.6) is 0 Å². The van der Waals surface area contributed by atoms with Crippen LogP contribution >= 0.6 is 0 Å². The number of carbonyl (C=O) groups excluding carboxylic acids is 2. The molecule has 0 amide bonds. The van der Waals surface area contributed by atoms with Crippen LogP contribution in [0.4, 0.5) is 17.2 Å². The van der Waals surface area contributed by atoms with E-state index in [2.05, 4.69) is 15.2 Å². The van der Waals surface area contributed by atoms with Crippen LogP contribution in [0.2, 0.25) is 0 Å². The van der Waals surface area contributed by atoms with Crippen LogP contribution in [0.15, 0.2) is 89.1 Å². The van der Waals surface area contributed by atoms with E-state index in [4.69, 9.17) is 4.74 Å². The molecule has 1 aromatic heterocycles. The lowest BCUT2D eigenvalue weighted by Crippen LogP contribution is -2.12. The Morgan fingerprint density at radius 2 is 1.58 bits per heavy atom. The predicted molar refractivity (Wildman–Crippen MR) is 133 cm³/mol. The minimum atomic E-state index is -0.735. The van der Waals surface area contributed by atoms with Crippen molar-refractivity contribution in [3.8, 4) is 0 Å². The van der Waals surface area contributed by atoms with Gasteiger partial charge in [-0.25, -0.2) is 4.79 Å². The Morgan fingerprint density at radius 3 is 2.25 bits per heavy atom. The number of H-pyrrole nitrogens is 1. The Morgan fingerprint density at radius 1 is 0.917 bits per heavy atom. The molecule has 0 aliphatic carbocycles. The molecule has 9 nitrogen and oxygen atoms in total. The topological polar surface area (TPSA) is 127 Å². The molecule has 1 heterocycles. The summed E-state index contributed by atoms with van der Waals surface area (Å²) < 4.78 is 4.95. The standard InChI is InChI=1S/C27H22N4O5/c1-17-23(25(32)22-11-7-6-10-19(22)16-18-8-4-3-5-9-18)24(27(33)36-2)26(28-17)30-29-20-12-14-21(15-13-20)31(34)35/h3-15,28H,16H2,1-2H3. The Labute approximate surface area is 206 Å². The lowest BCUT2D eigenvalue weighted by atomic mass is 9.92. The summed E-state index contributed by atoms with van der Waals surface area (Å²) >= 11 is 0. The van der Waals surface area contributed by atoms with Gasteiger partial charge in [-0.1, -0.05) is 54.6 Å². The van der Waals surface area contributed by atoms with Crippen LogP contribution in [0.1, 0.15) is 43.1 Å². The van der Waals surface area contributed by atoms with Crippen molar-refractivity contribution in [1.29, 1.82) is 0 Å². The van der Waals surface area contributed by atoms with Gasteiger partial charge in [0.1, 0.15) is 5.56 Å². The Hall–Kier alpha value is -4.92. The summed E-state index contributed by atoms with van der Waals surface area (Å²) in [5.41, 5.74) is 3.15. The number of esters is 1. The van der Waals surface area contributed by atoms with E-state index in [0.29, 0.717) is 23.4 Å². The molecule has 0 spiro atoms. The van der Waals surface area contributed by atoms with Gasteiger partial charge in [0.2, 0.25) is 0 Å². The van der Waals surface area contributed by atoms with Gasteiger partial charge in [-0.05, 0) is 36.6 Å². The number of non-ortho nitro benzene ring substituents is 1. The summed E-state index contributed by atoms with van der Waals surface area (Å²) in [6.45, 7) is 1.67. The fourth-order valence-electron chi connectivity index (χ4n) is 3.86. The molecule has 4 aromatic rings. The zero-order valence-electron chi connectivity index (χ0n) is 19.6. The van der Waals surface area contributed by atoms with Crippen LogP contribution in [0, 0.1) is 17.0 Å². The second kappa shape index (κ2) is 10.6. The number of methoxy groups -OCH3 is 1. The number of nitro groups is 1. The van der Waals surface area contributed by atoms with Crippen molar-refractivity contribution in [1.82, 2.24) is 4.98 Å². The van der Waals surface area contributed by atoms with Crippen LogP contribution in [-0.2, 0) is 11.2 Å². The number of azo groups is 1. The average Bonchev–Trinajstić information content (AvgIpc) is 3.23. The van der Waals surface area contributed by atoms with Crippen molar-refractivity contribution in [3.63, 3.8) is 0 Å². The molecule has 9 heteroatoms. The molecule has 0 saturated carbocycles. The first kappa shape index (κ1) is 24.2. The normalized spacial score (nSPS) is 10.9. The zero-order valence-corrected chi connectivity index (χ0v) is 19.6. The fourth-order valence-corrected chi connectivity index (χ4v) is 3.86. The molecular formula is C27H22N4O5. The number of hydrogen-bond donors (Lipinski definition) is 1. The highest BCUT2D eigenvalue weighted by atomic mass is 16.6. The van der Waals surface area contributed by atoms with Gasteiger partial charge in [-0.15, -0.1) is 10.2 Å². The highest BCUT2D eigenvalue weighted by molar-refractivity contribution is 6.17. The number of ether oxygens (including phenoxy) is 1. The fraction of sp³-hybridized carbons (Fsp3) is 0.111. The molecule has 0 unspecified atom stereocenters. The maximum absolute atomic E-state index is 13.7. The van der Waals surface area contributed by atoms with Crippen molar-refractivity contribution >= 4 is 28.9 Å². The third kappa shape index (κ3) is 5.10. The third-order valence-electron chi connectivity index (χ3n) is 5.61. The van der Waals surface area contributed by atoms with Crippen molar-refractivity contribution in [3.05, 3.63) is 122 Å². The van der Waals surface area contributed by atoms with Crippen LogP contribution < -0.4 is 0 Å². The first-order valence-corrected chi connectivity index (χ1v) is 11.0. The minimum absolute atomic E-state index is 0.0276. The molecule has 0 aliphatic heterocycles. The maximum atomic E-state index is 13.7. The van der Waals surface area contributed by atoms with Crippen LogP contribution in [0.3, 0.4) is 0 Å². The second-order valence-electron chi connectivity index (χ2n) is 7.96. The number of hydrogen-bond acceptors (Lipinski definition) is 7. The average molecular weight is 482 g/mol. The van der Waals surface area contributed by atoms with E-state index in [9.17, 15) is 19.7 Å². The monoisotopic (exact) mass is 482 g/mol. The van der Waals surface area contributed by atoms with E-state index < -0.39 is 10.9 Å². The summed E-state index contributed by atoms with van der Waals surface area (Å²) in [5.74, 6) is -1.02. The van der Waals surface area contributed by atoms with Gasteiger partial charge >= 0.3 is 5.97 Å². The Balaban J connectivity index is 1.73. The molecule has 36 heavy (non-hydrogen) atoms. The van der Waals surface area contributed by atoms with E-state index in [0.717, 1.165) is 11.1 Å². The number of aryl methyl sites for hydroxylation is 1. The molecule has 0 saturated heterocycles. The van der Waals surface area contributed by atoms with Crippen molar-refractivity contribution in [2.45, 2.75) is 13.3 Å². The molecule has 4 rings (SSSR count). The third-order valence-corrected chi connectivity index (χ3v) is 5.61. The number of aromatic nitrogens is 1. The number of nitrogens with one attached hydrogen (secondary N) is 1. The number of nitrogens with zero attached hydrogens (tertiary/aromatic N) is 3. The van der Waals surface area contributed by atoms with E-state index >= 15 is 0 Å². The smallest absolute Gasteiger partial charge is 0.342 e. The molecular weight excluding hydrogens is 460 g/mol. The van der Waals surface area contributed by atoms with Crippen molar-refractivity contribution < 1.29 is 19.2 Å². The highest BCUT2D eigenvalue weighted by Gasteiger charge is 2.29. The van der Waals surface area contributed by atoms with Gasteiger partial charge in [0, 0.05) is 23.4 Å². The SMILES string of the molecule is COC(=O)c1c(N=Nc2ccc([N+](=O)[O-])cc2)[nH]c(C)c1C(=O)c1ccccc1Cc1ccccc1. The Bertz CT molecular complexity index is 1460. The second-order valence-corrected chi connectivity index (χ2v) is 7.96. The number of ketones is 1. The number of benzene rings is 3. The summed E-state index contributed by atoms with van der Waals surface area (Å²) in [6.07, 6.45) is 0.548. The van der Waals surface area contributed by atoms with E-state index in [1.165, 1.54) is 31.4 Å². The van der Waals surface area contributed by atoms with Gasteiger partial charge < -0.3 is 9.72 Å². The van der Waals surface area contributed by atoms with Crippen LogP contribution in [-0.4, -0.2) is 28.8 Å². The van der Waals surface area contributed by atoms with Crippen molar-refractivity contribution in [2.75, 3.05) is 7.11 Å². The number of aromatic amines is 1. The van der Waals surface area contributed by atoms with Gasteiger partial charge in [-0.3, -0.25) is 14.9 Å². The van der Waals surface area contributed by atoms with Gasteiger partial charge in [-0.2, -0.15) is 0 Å². The molecule has 180 valence electrons. The van der Waals surface area contributed by atoms with Crippen molar-refractivity contribution in [2.24, 2.45) is 10.2 Å². The lowest BCUT2D eigenvalue weighted by molar-refractivity contribution is -0.384. The summed E-state index contributed by atoms with van der Waals surface area (Å²) in [4.78, 5) is 39.8. The summed E-state index contributed by atoms with van der Waals surface area (Å²) in [6, 6.07) is 22.5. The molecule has 0 radical (unpaired) electrons. The van der Waals surface area contributed by atoms with Crippen LogP contribution in [0.25, 0.3) is 0 Å². The lowest BCUT2D eigenvalue weighted by Gasteiger charge is -2.10. The predicted octanol–water partition coefficient (Wildman–Crippen LogP) is 6.26. The summed E-state index contributed by atoms with van der Waals surface area (Å²) in [5, 5.41) is 19.0. The molecule has 0 bridgehead atoms. The quantitative estimate of drug-likeness (QED) is 0.104. The van der Waals surface area contributed by atoms with E-state index in [-0.39, 0.29) is 28.4 Å². The number of nitro benzene ring substituents is 1. The zero-order chi connectivity index (χ0) is 25.7. The van der Waals surface area contributed by atoms with Gasteiger partial charge in [0.05, 0.1) is 23.3 Å². The van der Waals surface area contributed by atoms with Gasteiger partial charge in [0.25, 0.3) is 5.69 Å². The highest BCUT2D eigenvalue weighted by Crippen LogP contribution is 2.31. The number of carbonyl (C=O) groups is 2. The molecule has 0 aliphatic rings. The largest absolute Gasteiger partial charge is 0.465 e. The van der Waals surface area contributed by atoms with Gasteiger partial charge in [0.15, 0.2) is 11.6 Å². The molecule has 3 aromatic carbocycles. The molecule has 1 N–H and O–H groups in total. The maximum Gasteiger partial charge on any atom is 0.342 e. The minimum Gasteiger partial charge on any atom is -0.465 e. The molecule has 0 atom stereocenters. The molecule has 0 fully saturated rings. The van der Waals surface area contributed by atoms with E-state index in [1.54, 1.807) is 19.1 Å². The summed E-state index contributed by atoms with van der Waals surface area (Å²) in [7, 11) is 1.22. The first-order chi connectivity index (χ1) is 17.4.